The number of rotatable bonds is 7. The van der Waals surface area contributed by atoms with Crippen LogP contribution in [-0.2, 0) is 16.1 Å². The highest BCUT2D eigenvalue weighted by atomic mass is 79.9. The second kappa shape index (κ2) is 7.39. The van der Waals surface area contributed by atoms with Gasteiger partial charge >= 0.3 is 0 Å². The van der Waals surface area contributed by atoms with Crippen LogP contribution in [0.2, 0.25) is 0 Å². The first kappa shape index (κ1) is 15.0. The zero-order chi connectivity index (χ0) is 13.7. The Bertz CT molecular complexity index is 382. The second-order valence-electron chi connectivity index (χ2n) is 4.80. The van der Waals surface area contributed by atoms with Gasteiger partial charge in [0.15, 0.2) is 0 Å². The predicted octanol–water partition coefficient (Wildman–Crippen LogP) is 3.12. The van der Waals surface area contributed by atoms with Crippen LogP contribution in [0.25, 0.3) is 0 Å². The molecule has 0 spiro atoms. The monoisotopic (exact) mass is 327 g/mol. The van der Waals surface area contributed by atoms with Gasteiger partial charge in [-0.1, -0.05) is 35.0 Å². The van der Waals surface area contributed by atoms with Gasteiger partial charge in [0.05, 0.1) is 18.8 Å². The van der Waals surface area contributed by atoms with E-state index < -0.39 is 0 Å². The number of nitrogens with one attached hydrogen (secondary N) is 1. The fourth-order valence-corrected chi connectivity index (χ4v) is 2.67. The molecule has 0 aliphatic heterocycles. The summed E-state index contributed by atoms with van der Waals surface area (Å²) in [5.41, 5.74) is 1.20. The van der Waals surface area contributed by atoms with Crippen LogP contribution in [0, 0.1) is 0 Å². The third-order valence-electron chi connectivity index (χ3n) is 3.45. The highest BCUT2D eigenvalue weighted by molar-refractivity contribution is 9.10. The fourth-order valence-electron chi connectivity index (χ4n) is 2.41. The van der Waals surface area contributed by atoms with Crippen molar-refractivity contribution in [3.63, 3.8) is 0 Å². The van der Waals surface area contributed by atoms with Gasteiger partial charge in [-0.2, -0.15) is 0 Å². The average molecular weight is 328 g/mol. The lowest BCUT2D eigenvalue weighted by Gasteiger charge is -2.44. The Morgan fingerprint density at radius 2 is 1.95 bits per heavy atom. The summed E-state index contributed by atoms with van der Waals surface area (Å²) in [6.07, 6.45) is 1.45. The van der Waals surface area contributed by atoms with Gasteiger partial charge < -0.3 is 14.8 Å². The maximum absolute atomic E-state index is 5.97. The fraction of sp³-hybridized carbons (Fsp3) is 0.600. The summed E-state index contributed by atoms with van der Waals surface area (Å²) in [6.45, 7) is 6.53. The normalized spacial score (nSPS) is 26.2. The van der Waals surface area contributed by atoms with Gasteiger partial charge in [0.25, 0.3) is 0 Å². The lowest BCUT2D eigenvalue weighted by atomic mass is 9.85. The van der Waals surface area contributed by atoms with Crippen molar-refractivity contribution in [1.82, 2.24) is 5.32 Å². The Hall–Kier alpha value is -0.420. The summed E-state index contributed by atoms with van der Waals surface area (Å²) in [5, 5.41) is 3.44. The van der Waals surface area contributed by atoms with Crippen molar-refractivity contribution < 1.29 is 9.47 Å². The third-order valence-corrected chi connectivity index (χ3v) is 3.98. The van der Waals surface area contributed by atoms with Gasteiger partial charge in [-0.15, -0.1) is 0 Å². The van der Waals surface area contributed by atoms with Crippen LogP contribution in [0.15, 0.2) is 28.7 Å². The predicted molar refractivity (Wildman–Crippen MR) is 80.2 cm³/mol. The molecule has 1 aliphatic carbocycles. The number of benzene rings is 1. The number of likely N-dealkylation sites (N-methyl/N-ethyl adjacent to an activating group) is 1. The molecule has 0 radical (unpaired) electrons. The first-order valence-electron chi connectivity index (χ1n) is 6.95. The zero-order valence-corrected chi connectivity index (χ0v) is 13.2. The molecule has 1 saturated carbocycles. The van der Waals surface area contributed by atoms with Crippen LogP contribution >= 0.6 is 15.9 Å². The summed E-state index contributed by atoms with van der Waals surface area (Å²) < 4.78 is 12.8. The molecule has 0 bridgehead atoms. The Morgan fingerprint density at radius 3 is 2.58 bits per heavy atom. The lowest BCUT2D eigenvalue weighted by molar-refractivity contribution is -0.149. The summed E-state index contributed by atoms with van der Waals surface area (Å²) in [6, 6.07) is 8.70. The van der Waals surface area contributed by atoms with Crippen molar-refractivity contribution in [3.8, 4) is 0 Å². The van der Waals surface area contributed by atoms with E-state index in [4.69, 9.17) is 9.47 Å². The van der Waals surface area contributed by atoms with E-state index in [0.717, 1.165) is 24.0 Å². The van der Waals surface area contributed by atoms with E-state index in [1.165, 1.54) is 5.56 Å². The maximum Gasteiger partial charge on any atom is 0.0990 e. The number of hydrogen-bond donors (Lipinski definition) is 1. The summed E-state index contributed by atoms with van der Waals surface area (Å²) in [5.74, 6) is 0. The second-order valence-corrected chi connectivity index (χ2v) is 5.71. The van der Waals surface area contributed by atoms with Gasteiger partial charge in [0, 0.05) is 17.1 Å². The molecular formula is C15H22BrNO2. The third kappa shape index (κ3) is 4.02. The van der Waals surface area contributed by atoms with Crippen molar-refractivity contribution in [2.75, 3.05) is 13.2 Å². The summed E-state index contributed by atoms with van der Waals surface area (Å²) >= 11 is 3.44. The molecule has 3 unspecified atom stereocenters. The van der Waals surface area contributed by atoms with E-state index in [1.807, 2.05) is 19.1 Å². The highest BCUT2D eigenvalue weighted by Gasteiger charge is 2.42. The van der Waals surface area contributed by atoms with Crippen LogP contribution in [0.1, 0.15) is 25.8 Å². The molecule has 1 aromatic carbocycles. The minimum atomic E-state index is 0.195. The van der Waals surface area contributed by atoms with Crippen LogP contribution < -0.4 is 5.32 Å². The van der Waals surface area contributed by atoms with E-state index in [0.29, 0.717) is 12.6 Å². The molecular weight excluding hydrogens is 306 g/mol. The molecule has 1 aromatic rings. The van der Waals surface area contributed by atoms with Crippen molar-refractivity contribution in [2.45, 2.75) is 45.1 Å². The number of halogens is 1. The minimum absolute atomic E-state index is 0.195. The number of hydrogen-bond acceptors (Lipinski definition) is 3. The van der Waals surface area contributed by atoms with Gasteiger partial charge in [-0.05, 0) is 37.6 Å². The van der Waals surface area contributed by atoms with Crippen molar-refractivity contribution in [1.29, 1.82) is 0 Å². The van der Waals surface area contributed by atoms with Gasteiger partial charge in [0.1, 0.15) is 0 Å². The Morgan fingerprint density at radius 1 is 1.21 bits per heavy atom. The molecule has 106 valence electrons. The standard InChI is InChI=1S/C15H22BrNO2/c1-3-17-13-9-14(15(13)18-4-2)19-10-11-5-7-12(16)8-6-11/h5-8,13-15,17H,3-4,9-10H2,1-2H3. The van der Waals surface area contributed by atoms with Crippen molar-refractivity contribution >= 4 is 15.9 Å². The first-order valence-corrected chi connectivity index (χ1v) is 7.75. The van der Waals surface area contributed by atoms with E-state index in [9.17, 15) is 0 Å². The summed E-state index contributed by atoms with van der Waals surface area (Å²) in [4.78, 5) is 0. The molecule has 0 saturated heterocycles. The van der Waals surface area contributed by atoms with E-state index >= 15 is 0 Å². The molecule has 4 heteroatoms. The lowest BCUT2D eigenvalue weighted by Crippen LogP contribution is -2.60. The molecule has 0 amide bonds. The van der Waals surface area contributed by atoms with E-state index in [2.05, 4.69) is 40.3 Å². The molecule has 2 rings (SSSR count). The molecule has 0 heterocycles. The van der Waals surface area contributed by atoms with Crippen molar-refractivity contribution in [3.05, 3.63) is 34.3 Å². The van der Waals surface area contributed by atoms with E-state index in [1.54, 1.807) is 0 Å². The highest BCUT2D eigenvalue weighted by Crippen LogP contribution is 2.28. The van der Waals surface area contributed by atoms with Crippen LogP contribution in [-0.4, -0.2) is 31.4 Å². The Labute approximate surface area is 123 Å². The van der Waals surface area contributed by atoms with Crippen LogP contribution in [0.5, 0.6) is 0 Å². The first-order chi connectivity index (χ1) is 9.24. The molecule has 3 nitrogen and oxygen atoms in total. The van der Waals surface area contributed by atoms with Gasteiger partial charge in [0.2, 0.25) is 0 Å². The van der Waals surface area contributed by atoms with Crippen LogP contribution in [0.4, 0.5) is 0 Å². The molecule has 3 atom stereocenters. The minimum Gasteiger partial charge on any atom is -0.374 e. The molecule has 19 heavy (non-hydrogen) atoms. The van der Waals surface area contributed by atoms with Crippen LogP contribution in [0.3, 0.4) is 0 Å². The van der Waals surface area contributed by atoms with E-state index in [-0.39, 0.29) is 12.2 Å². The molecule has 1 aliphatic rings. The smallest absolute Gasteiger partial charge is 0.0990 e. The van der Waals surface area contributed by atoms with Crippen molar-refractivity contribution in [2.24, 2.45) is 0 Å². The molecule has 0 aromatic heterocycles. The Balaban J connectivity index is 1.81. The average Bonchev–Trinajstić information content (AvgIpc) is 2.41. The number of ether oxygens (including phenoxy) is 2. The van der Waals surface area contributed by atoms with Gasteiger partial charge in [-0.25, -0.2) is 0 Å². The molecule has 1 fully saturated rings. The zero-order valence-electron chi connectivity index (χ0n) is 11.6. The topological polar surface area (TPSA) is 30.5 Å². The van der Waals surface area contributed by atoms with Gasteiger partial charge in [-0.3, -0.25) is 0 Å². The Kier molecular flexibility index (Phi) is 5.82. The maximum atomic E-state index is 5.97. The SMILES string of the molecule is CCNC1CC(OCc2ccc(Br)cc2)C1OCC. The largest absolute Gasteiger partial charge is 0.374 e. The molecule has 1 N–H and O–H groups in total. The quantitative estimate of drug-likeness (QED) is 0.834. The summed E-state index contributed by atoms with van der Waals surface area (Å²) in [7, 11) is 0.